The molecule has 7 nitrogen and oxygen atoms in total. The van der Waals surface area contributed by atoms with Crippen LogP contribution in [-0.2, 0) is 9.53 Å². The zero-order valence-corrected chi connectivity index (χ0v) is 18.2. The molecule has 3 N–H and O–H groups in total. The molecule has 8 heteroatoms. The lowest BCUT2D eigenvalue weighted by Gasteiger charge is -2.19. The maximum atomic E-state index is 13.1. The van der Waals surface area contributed by atoms with Crippen molar-refractivity contribution in [2.75, 3.05) is 18.2 Å². The van der Waals surface area contributed by atoms with Crippen LogP contribution in [0.5, 0.6) is 5.75 Å². The van der Waals surface area contributed by atoms with Gasteiger partial charge in [-0.25, -0.2) is 4.79 Å². The topological polar surface area (TPSA) is 108 Å². The fourth-order valence-corrected chi connectivity index (χ4v) is 3.16. The van der Waals surface area contributed by atoms with E-state index in [0.717, 1.165) is 0 Å². The van der Waals surface area contributed by atoms with Crippen molar-refractivity contribution in [1.82, 2.24) is 0 Å². The van der Waals surface area contributed by atoms with Crippen LogP contribution in [0.2, 0.25) is 5.02 Å². The average molecular weight is 453 g/mol. The number of hydrogen-bond acceptors (Lipinski definition) is 6. The molecule has 0 aliphatic heterocycles. The third kappa shape index (κ3) is 5.25. The van der Waals surface area contributed by atoms with Gasteiger partial charge in [-0.15, -0.1) is 0 Å². The number of nitrogens with two attached hydrogens (primary N) is 1. The van der Waals surface area contributed by atoms with Crippen molar-refractivity contribution < 1.29 is 23.9 Å². The zero-order chi connectivity index (χ0) is 23.3. The van der Waals surface area contributed by atoms with Crippen LogP contribution in [0.3, 0.4) is 0 Å². The van der Waals surface area contributed by atoms with Crippen molar-refractivity contribution >= 4 is 40.6 Å². The molecule has 0 aliphatic carbocycles. The molecule has 1 atom stereocenters. The zero-order valence-electron chi connectivity index (χ0n) is 17.4. The summed E-state index contributed by atoms with van der Waals surface area (Å²) in [5, 5.41) is 2.85. The molecule has 1 amide bonds. The Morgan fingerprint density at radius 3 is 2.38 bits per heavy atom. The molecular weight excluding hydrogens is 432 g/mol. The summed E-state index contributed by atoms with van der Waals surface area (Å²) in [4.78, 5) is 37.7. The van der Waals surface area contributed by atoms with Gasteiger partial charge in [0.2, 0.25) is 6.10 Å². The number of carbonyl (C=O) groups is 3. The first kappa shape index (κ1) is 22.8. The molecule has 1 unspecified atom stereocenters. The minimum Gasteiger partial charge on any atom is -0.496 e. The predicted octanol–water partition coefficient (Wildman–Crippen LogP) is 4.67. The minimum absolute atomic E-state index is 0.0269. The number of ether oxygens (including phenoxy) is 2. The van der Waals surface area contributed by atoms with Gasteiger partial charge in [-0.2, -0.15) is 0 Å². The van der Waals surface area contributed by atoms with E-state index < -0.39 is 18.0 Å². The van der Waals surface area contributed by atoms with Gasteiger partial charge in [0.05, 0.1) is 17.8 Å². The van der Waals surface area contributed by atoms with Crippen molar-refractivity contribution in [3.05, 3.63) is 88.4 Å². The number of halogens is 1. The number of carbonyl (C=O) groups excluding carboxylic acids is 3. The summed E-state index contributed by atoms with van der Waals surface area (Å²) in [6.07, 6.45) is -1.27. The number of rotatable bonds is 7. The Balaban J connectivity index is 1.91. The highest BCUT2D eigenvalue weighted by atomic mass is 35.5. The highest BCUT2D eigenvalue weighted by Gasteiger charge is 2.28. The van der Waals surface area contributed by atoms with Crippen LogP contribution in [0, 0.1) is 0 Å². The lowest BCUT2D eigenvalue weighted by molar-refractivity contribution is -0.125. The number of benzene rings is 3. The van der Waals surface area contributed by atoms with Crippen LogP contribution in [0.15, 0.2) is 66.7 Å². The largest absolute Gasteiger partial charge is 0.496 e. The summed E-state index contributed by atoms with van der Waals surface area (Å²) < 4.78 is 10.8. The van der Waals surface area contributed by atoms with Crippen molar-refractivity contribution in [3.63, 3.8) is 0 Å². The van der Waals surface area contributed by atoms with E-state index >= 15 is 0 Å². The molecule has 0 saturated carbocycles. The van der Waals surface area contributed by atoms with Gasteiger partial charge in [0.1, 0.15) is 11.3 Å². The molecule has 32 heavy (non-hydrogen) atoms. The summed E-state index contributed by atoms with van der Waals surface area (Å²) in [5.74, 6) is -1.38. The molecule has 3 aromatic carbocycles. The Morgan fingerprint density at radius 1 is 1.00 bits per heavy atom. The van der Waals surface area contributed by atoms with Gasteiger partial charge in [0.25, 0.3) is 5.91 Å². The number of hydrogen-bond donors (Lipinski definition) is 2. The monoisotopic (exact) mass is 452 g/mol. The molecule has 3 aromatic rings. The summed E-state index contributed by atoms with van der Waals surface area (Å²) in [7, 11) is 1.38. The SMILES string of the molecule is COc1cc(N)c(Cl)cc1C(=O)OC(C(=O)Nc1cccc(C(C)=O)c1)c1ccccc1. The van der Waals surface area contributed by atoms with Crippen LogP contribution in [0.1, 0.15) is 39.3 Å². The Bertz CT molecular complexity index is 1160. The maximum absolute atomic E-state index is 13.1. The number of esters is 1. The molecular formula is C24H21ClN2O5. The Hall–Kier alpha value is -3.84. The number of Topliss-reactive ketones (excluding diaryl/α,β-unsaturated/α-hetero) is 1. The van der Waals surface area contributed by atoms with Gasteiger partial charge < -0.3 is 20.5 Å². The van der Waals surface area contributed by atoms with E-state index in [9.17, 15) is 14.4 Å². The highest BCUT2D eigenvalue weighted by Crippen LogP contribution is 2.31. The van der Waals surface area contributed by atoms with Crippen LogP contribution in [-0.4, -0.2) is 24.8 Å². The fourth-order valence-electron chi connectivity index (χ4n) is 2.99. The lowest BCUT2D eigenvalue weighted by Crippen LogP contribution is -2.26. The second-order valence-corrected chi connectivity index (χ2v) is 7.30. The number of anilines is 2. The standard InChI is InChI=1S/C24H21ClN2O5/c1-14(28)16-9-6-10-17(11-16)27-23(29)22(15-7-4-3-5-8-15)32-24(30)18-12-19(25)20(26)13-21(18)31-2/h3-13,22H,26H2,1-2H3,(H,27,29). The van der Waals surface area contributed by atoms with Crippen LogP contribution < -0.4 is 15.8 Å². The lowest BCUT2D eigenvalue weighted by atomic mass is 10.1. The number of nitrogen functional groups attached to an aromatic ring is 1. The van der Waals surface area contributed by atoms with Gasteiger partial charge in [-0.3, -0.25) is 9.59 Å². The van der Waals surface area contributed by atoms with Crippen molar-refractivity contribution in [2.24, 2.45) is 0 Å². The fraction of sp³-hybridized carbons (Fsp3) is 0.125. The van der Waals surface area contributed by atoms with Crippen LogP contribution in [0.4, 0.5) is 11.4 Å². The molecule has 0 bridgehead atoms. The summed E-state index contributed by atoms with van der Waals surface area (Å²) in [5.41, 5.74) is 7.34. The van der Waals surface area contributed by atoms with Gasteiger partial charge in [-0.1, -0.05) is 54.1 Å². The van der Waals surface area contributed by atoms with E-state index in [1.807, 2.05) is 0 Å². The number of amides is 1. The predicted molar refractivity (Wildman–Crippen MR) is 122 cm³/mol. The van der Waals surface area contributed by atoms with Crippen LogP contribution in [0.25, 0.3) is 0 Å². The van der Waals surface area contributed by atoms with Gasteiger partial charge in [-0.05, 0) is 25.1 Å². The van der Waals surface area contributed by atoms with E-state index in [0.29, 0.717) is 16.8 Å². The first-order valence-corrected chi connectivity index (χ1v) is 9.98. The normalized spacial score (nSPS) is 11.3. The Labute approximate surface area is 190 Å². The van der Waals surface area contributed by atoms with Crippen molar-refractivity contribution in [3.8, 4) is 5.75 Å². The summed E-state index contributed by atoms with van der Waals surface area (Å²) in [6.45, 7) is 1.43. The molecule has 0 aliphatic rings. The first-order chi connectivity index (χ1) is 15.3. The summed E-state index contributed by atoms with van der Waals surface area (Å²) in [6, 6.07) is 17.8. The van der Waals surface area contributed by atoms with Gasteiger partial charge >= 0.3 is 5.97 Å². The molecule has 164 valence electrons. The number of nitrogens with one attached hydrogen (secondary N) is 1. The highest BCUT2D eigenvalue weighted by molar-refractivity contribution is 6.33. The third-order valence-electron chi connectivity index (χ3n) is 4.64. The Morgan fingerprint density at radius 2 is 1.72 bits per heavy atom. The molecule has 3 rings (SSSR count). The Kier molecular flexibility index (Phi) is 7.12. The van der Waals surface area contributed by atoms with E-state index in [4.69, 9.17) is 26.8 Å². The second kappa shape index (κ2) is 9.98. The number of ketones is 1. The first-order valence-electron chi connectivity index (χ1n) is 9.61. The van der Waals surface area contributed by atoms with E-state index in [1.165, 1.54) is 26.2 Å². The van der Waals surface area contributed by atoms with Crippen LogP contribution >= 0.6 is 11.6 Å². The molecule has 0 fully saturated rings. The van der Waals surface area contributed by atoms with E-state index in [2.05, 4.69) is 5.32 Å². The maximum Gasteiger partial charge on any atom is 0.343 e. The van der Waals surface area contributed by atoms with Gasteiger partial charge in [0.15, 0.2) is 5.78 Å². The van der Waals surface area contributed by atoms with E-state index in [-0.39, 0.29) is 27.8 Å². The molecule has 0 heterocycles. The van der Waals surface area contributed by atoms with Crippen molar-refractivity contribution in [2.45, 2.75) is 13.0 Å². The number of methoxy groups -OCH3 is 1. The van der Waals surface area contributed by atoms with Crippen molar-refractivity contribution in [1.29, 1.82) is 0 Å². The van der Waals surface area contributed by atoms with E-state index in [1.54, 1.807) is 54.6 Å². The molecule has 0 spiro atoms. The second-order valence-electron chi connectivity index (χ2n) is 6.90. The quantitative estimate of drug-likeness (QED) is 0.306. The molecule has 0 saturated heterocycles. The smallest absolute Gasteiger partial charge is 0.343 e. The summed E-state index contributed by atoms with van der Waals surface area (Å²) >= 11 is 6.06. The molecule has 0 radical (unpaired) electrons. The third-order valence-corrected chi connectivity index (χ3v) is 4.97. The minimum atomic E-state index is -1.27. The van der Waals surface area contributed by atoms with Gasteiger partial charge in [0, 0.05) is 22.9 Å². The molecule has 0 aromatic heterocycles. The average Bonchev–Trinajstić information content (AvgIpc) is 2.79.